The molecule has 3 heteroatoms. The molecule has 90 valence electrons. The highest BCUT2D eigenvalue weighted by molar-refractivity contribution is 6.17. The van der Waals surface area contributed by atoms with Gasteiger partial charge in [-0.15, -0.1) is 11.6 Å². The summed E-state index contributed by atoms with van der Waals surface area (Å²) in [4.78, 5) is 13.8. The van der Waals surface area contributed by atoms with Gasteiger partial charge in [0, 0.05) is 24.9 Å². The molecule has 0 aliphatic carbocycles. The van der Waals surface area contributed by atoms with E-state index in [-0.39, 0.29) is 11.9 Å². The third-order valence-electron chi connectivity index (χ3n) is 2.41. The van der Waals surface area contributed by atoms with E-state index in [1.807, 2.05) is 4.90 Å². The second-order valence-electron chi connectivity index (χ2n) is 4.66. The van der Waals surface area contributed by atoms with Crippen LogP contribution >= 0.6 is 11.6 Å². The third-order valence-corrected chi connectivity index (χ3v) is 2.68. The zero-order valence-electron chi connectivity index (χ0n) is 10.4. The summed E-state index contributed by atoms with van der Waals surface area (Å²) >= 11 is 5.64. The van der Waals surface area contributed by atoms with Crippen molar-refractivity contribution in [3.05, 3.63) is 0 Å². The Hall–Kier alpha value is -0.240. The fraction of sp³-hybridized carbons (Fsp3) is 0.917. The number of rotatable bonds is 7. The maximum Gasteiger partial charge on any atom is 0.222 e. The summed E-state index contributed by atoms with van der Waals surface area (Å²) in [5, 5.41) is 0. The lowest BCUT2D eigenvalue weighted by molar-refractivity contribution is -0.133. The van der Waals surface area contributed by atoms with Crippen molar-refractivity contribution in [2.75, 3.05) is 12.4 Å². The molecule has 0 aromatic rings. The maximum absolute atomic E-state index is 11.9. The van der Waals surface area contributed by atoms with E-state index in [1.165, 1.54) is 0 Å². The summed E-state index contributed by atoms with van der Waals surface area (Å²) in [6.07, 6.45) is 2.52. The first-order valence-electron chi connectivity index (χ1n) is 5.84. The van der Waals surface area contributed by atoms with Crippen molar-refractivity contribution in [1.82, 2.24) is 4.90 Å². The molecule has 15 heavy (non-hydrogen) atoms. The van der Waals surface area contributed by atoms with Crippen molar-refractivity contribution < 1.29 is 4.79 Å². The molecule has 0 spiro atoms. The zero-order valence-corrected chi connectivity index (χ0v) is 11.2. The van der Waals surface area contributed by atoms with E-state index in [1.54, 1.807) is 0 Å². The highest BCUT2D eigenvalue weighted by Gasteiger charge is 2.16. The van der Waals surface area contributed by atoms with Crippen molar-refractivity contribution >= 4 is 17.5 Å². The number of amides is 1. The Morgan fingerprint density at radius 1 is 1.27 bits per heavy atom. The lowest BCUT2D eigenvalue weighted by Crippen LogP contribution is -2.37. The number of hydrogen-bond acceptors (Lipinski definition) is 1. The van der Waals surface area contributed by atoms with Crippen LogP contribution in [0.5, 0.6) is 0 Å². The minimum absolute atomic E-state index is 0.267. The molecule has 0 saturated heterocycles. The molecule has 0 fully saturated rings. The van der Waals surface area contributed by atoms with Crippen LogP contribution in [0, 0.1) is 5.92 Å². The number of halogens is 1. The second-order valence-corrected chi connectivity index (χ2v) is 5.03. The lowest BCUT2D eigenvalue weighted by Gasteiger charge is -2.27. The molecule has 0 radical (unpaired) electrons. The van der Waals surface area contributed by atoms with Crippen LogP contribution in [0.3, 0.4) is 0 Å². The molecule has 0 saturated carbocycles. The lowest BCUT2D eigenvalue weighted by atomic mass is 10.1. The summed E-state index contributed by atoms with van der Waals surface area (Å²) in [6, 6.07) is 0.285. The van der Waals surface area contributed by atoms with E-state index in [4.69, 9.17) is 11.6 Å². The minimum atomic E-state index is 0.267. The van der Waals surface area contributed by atoms with Crippen molar-refractivity contribution in [3.8, 4) is 0 Å². The molecule has 0 aromatic carbocycles. The van der Waals surface area contributed by atoms with Gasteiger partial charge in [0.2, 0.25) is 5.91 Å². The number of nitrogens with zero attached hydrogens (tertiary/aromatic N) is 1. The van der Waals surface area contributed by atoms with Gasteiger partial charge in [-0.05, 0) is 32.6 Å². The summed E-state index contributed by atoms with van der Waals surface area (Å²) in [6.45, 7) is 9.19. The molecule has 0 heterocycles. The van der Waals surface area contributed by atoms with Gasteiger partial charge in [-0.1, -0.05) is 13.8 Å². The summed E-state index contributed by atoms with van der Waals surface area (Å²) in [5.41, 5.74) is 0. The molecule has 1 amide bonds. The van der Waals surface area contributed by atoms with E-state index in [0.717, 1.165) is 19.4 Å². The van der Waals surface area contributed by atoms with Crippen LogP contribution in [0.1, 0.15) is 47.0 Å². The Morgan fingerprint density at radius 3 is 2.27 bits per heavy atom. The number of alkyl halides is 1. The van der Waals surface area contributed by atoms with Crippen LogP contribution in [0.15, 0.2) is 0 Å². The SMILES string of the molecule is CC(C)CCC(=O)N(CCCCl)C(C)C. The molecule has 0 aliphatic heterocycles. The van der Waals surface area contributed by atoms with E-state index in [0.29, 0.717) is 18.2 Å². The predicted octanol–water partition coefficient (Wildman–Crippen LogP) is 3.29. The van der Waals surface area contributed by atoms with Crippen molar-refractivity contribution in [2.24, 2.45) is 5.92 Å². The third kappa shape index (κ3) is 6.77. The molecule has 0 rings (SSSR count). The monoisotopic (exact) mass is 233 g/mol. The molecule has 0 aromatic heterocycles. The van der Waals surface area contributed by atoms with Gasteiger partial charge in [-0.2, -0.15) is 0 Å². The van der Waals surface area contributed by atoms with Crippen molar-refractivity contribution in [3.63, 3.8) is 0 Å². The molecule has 2 nitrogen and oxygen atoms in total. The van der Waals surface area contributed by atoms with Crippen LogP contribution in [-0.4, -0.2) is 29.3 Å². The minimum Gasteiger partial charge on any atom is -0.340 e. The first-order chi connectivity index (χ1) is 6.99. The molecule has 0 N–H and O–H groups in total. The summed E-state index contributed by atoms with van der Waals surface area (Å²) in [5.74, 6) is 1.49. The fourth-order valence-electron chi connectivity index (χ4n) is 1.46. The van der Waals surface area contributed by atoms with E-state index in [9.17, 15) is 4.79 Å². The van der Waals surface area contributed by atoms with Crippen molar-refractivity contribution in [1.29, 1.82) is 0 Å². The average molecular weight is 234 g/mol. The number of carbonyl (C=O) groups is 1. The smallest absolute Gasteiger partial charge is 0.222 e. The largest absolute Gasteiger partial charge is 0.340 e. The van der Waals surface area contributed by atoms with Crippen LogP contribution in [-0.2, 0) is 4.79 Å². The maximum atomic E-state index is 11.9. The standard InChI is InChI=1S/C12H24ClNO/c1-10(2)6-7-12(15)14(11(3)4)9-5-8-13/h10-11H,5-9H2,1-4H3. The van der Waals surface area contributed by atoms with Crippen LogP contribution in [0.4, 0.5) is 0 Å². The molecular formula is C12H24ClNO. The van der Waals surface area contributed by atoms with E-state index >= 15 is 0 Å². The van der Waals surface area contributed by atoms with Crippen molar-refractivity contribution in [2.45, 2.75) is 53.0 Å². The van der Waals surface area contributed by atoms with Gasteiger partial charge in [0.25, 0.3) is 0 Å². The van der Waals surface area contributed by atoms with E-state index in [2.05, 4.69) is 27.7 Å². The Balaban J connectivity index is 4.05. The highest BCUT2D eigenvalue weighted by atomic mass is 35.5. The van der Waals surface area contributed by atoms with Gasteiger partial charge in [0.05, 0.1) is 0 Å². The van der Waals surface area contributed by atoms with Gasteiger partial charge in [0.1, 0.15) is 0 Å². The first-order valence-corrected chi connectivity index (χ1v) is 6.38. The zero-order chi connectivity index (χ0) is 11.8. The number of hydrogen-bond donors (Lipinski definition) is 0. The predicted molar refractivity (Wildman–Crippen MR) is 66.3 cm³/mol. The summed E-state index contributed by atoms with van der Waals surface area (Å²) in [7, 11) is 0. The first kappa shape index (κ1) is 14.8. The Labute approximate surface area is 99.0 Å². The average Bonchev–Trinajstić information content (AvgIpc) is 2.14. The second kappa shape index (κ2) is 7.98. The quantitative estimate of drug-likeness (QED) is 0.618. The van der Waals surface area contributed by atoms with E-state index < -0.39 is 0 Å². The molecule has 0 atom stereocenters. The van der Waals surface area contributed by atoms with Gasteiger partial charge in [-0.25, -0.2) is 0 Å². The Kier molecular flexibility index (Phi) is 7.85. The van der Waals surface area contributed by atoms with Gasteiger partial charge >= 0.3 is 0 Å². The van der Waals surface area contributed by atoms with Gasteiger partial charge in [-0.3, -0.25) is 4.79 Å². The van der Waals surface area contributed by atoms with Gasteiger partial charge < -0.3 is 4.90 Å². The van der Waals surface area contributed by atoms with Crippen LogP contribution in [0.25, 0.3) is 0 Å². The normalized spacial score (nSPS) is 11.1. The van der Waals surface area contributed by atoms with Crippen LogP contribution in [0.2, 0.25) is 0 Å². The van der Waals surface area contributed by atoms with Crippen LogP contribution < -0.4 is 0 Å². The number of carbonyl (C=O) groups excluding carboxylic acids is 1. The van der Waals surface area contributed by atoms with Gasteiger partial charge in [0.15, 0.2) is 0 Å². The molecule has 0 bridgehead atoms. The molecule has 0 aliphatic rings. The Morgan fingerprint density at radius 2 is 1.87 bits per heavy atom. The fourth-order valence-corrected chi connectivity index (χ4v) is 1.58. The topological polar surface area (TPSA) is 20.3 Å². The highest BCUT2D eigenvalue weighted by Crippen LogP contribution is 2.09. The molecular weight excluding hydrogens is 210 g/mol. The Bertz CT molecular complexity index is 180. The summed E-state index contributed by atoms with van der Waals surface area (Å²) < 4.78 is 0. The molecule has 0 unspecified atom stereocenters.